The van der Waals surface area contributed by atoms with Gasteiger partial charge < -0.3 is 19.7 Å². The van der Waals surface area contributed by atoms with Crippen LogP contribution in [-0.2, 0) is 6.54 Å². The van der Waals surface area contributed by atoms with Crippen molar-refractivity contribution in [3.8, 4) is 0 Å². The van der Waals surface area contributed by atoms with Gasteiger partial charge in [0.2, 0.25) is 0 Å². The van der Waals surface area contributed by atoms with Gasteiger partial charge in [0.25, 0.3) is 0 Å². The van der Waals surface area contributed by atoms with E-state index < -0.39 is 6.10 Å². The minimum Gasteiger partial charge on any atom is -0.392 e. The lowest BCUT2D eigenvalue weighted by Crippen LogP contribution is -2.37. The summed E-state index contributed by atoms with van der Waals surface area (Å²) in [5, 5.41) is 20.4. The number of imidazole rings is 1. The summed E-state index contributed by atoms with van der Waals surface area (Å²) < 4.78 is 2.01. The standard InChI is InChI=1S/C18H27N3O2/c1-12-6-16-17(7-13(12)2)21(11-19-16)9-15(22)8-20(3)10-18(23)14-4-5-14/h6-7,11,14-15,18,22-23H,4-5,8-10H2,1-3H3. The highest BCUT2D eigenvalue weighted by molar-refractivity contribution is 5.77. The number of likely N-dealkylation sites (N-methyl/N-ethyl adjacent to an activating group) is 1. The van der Waals surface area contributed by atoms with Gasteiger partial charge in [-0.3, -0.25) is 0 Å². The minimum absolute atomic E-state index is 0.258. The Morgan fingerprint density at radius 3 is 2.61 bits per heavy atom. The second kappa shape index (κ2) is 6.59. The van der Waals surface area contributed by atoms with Crippen molar-refractivity contribution in [3.05, 3.63) is 29.6 Å². The Hall–Kier alpha value is -1.43. The van der Waals surface area contributed by atoms with Crippen LogP contribution < -0.4 is 0 Å². The molecule has 0 radical (unpaired) electrons. The molecular formula is C18H27N3O2. The van der Waals surface area contributed by atoms with Gasteiger partial charge in [0, 0.05) is 13.1 Å². The number of fused-ring (bicyclic) bond motifs is 1. The number of aliphatic hydroxyl groups is 2. The van der Waals surface area contributed by atoms with Crippen molar-refractivity contribution in [2.24, 2.45) is 5.92 Å². The Labute approximate surface area is 137 Å². The van der Waals surface area contributed by atoms with Crippen molar-refractivity contribution >= 4 is 11.0 Å². The van der Waals surface area contributed by atoms with E-state index in [4.69, 9.17) is 0 Å². The van der Waals surface area contributed by atoms with E-state index in [1.54, 1.807) is 6.33 Å². The molecule has 1 aliphatic carbocycles. The monoisotopic (exact) mass is 317 g/mol. The summed E-state index contributed by atoms with van der Waals surface area (Å²) in [5.74, 6) is 0.471. The highest BCUT2D eigenvalue weighted by Crippen LogP contribution is 2.32. The molecule has 23 heavy (non-hydrogen) atoms. The molecule has 1 aromatic heterocycles. The molecule has 3 rings (SSSR count). The summed E-state index contributed by atoms with van der Waals surface area (Å²) in [6.07, 6.45) is 3.33. The molecule has 0 spiro atoms. The van der Waals surface area contributed by atoms with Crippen LogP contribution in [0, 0.1) is 19.8 Å². The summed E-state index contributed by atoms with van der Waals surface area (Å²) in [7, 11) is 1.95. The fourth-order valence-corrected chi connectivity index (χ4v) is 3.13. The molecule has 5 heteroatoms. The zero-order valence-electron chi connectivity index (χ0n) is 14.2. The third-order valence-electron chi connectivity index (χ3n) is 4.83. The first-order valence-electron chi connectivity index (χ1n) is 8.41. The fraction of sp³-hybridized carbons (Fsp3) is 0.611. The molecule has 0 aliphatic heterocycles. The van der Waals surface area contributed by atoms with E-state index in [0.717, 1.165) is 23.9 Å². The Morgan fingerprint density at radius 2 is 1.91 bits per heavy atom. The summed E-state index contributed by atoms with van der Waals surface area (Å²) in [5.41, 5.74) is 4.50. The van der Waals surface area contributed by atoms with Crippen LogP contribution in [0.5, 0.6) is 0 Å². The van der Waals surface area contributed by atoms with Crippen molar-refractivity contribution in [1.82, 2.24) is 14.5 Å². The average Bonchev–Trinajstić information content (AvgIpc) is 3.26. The van der Waals surface area contributed by atoms with Crippen LogP contribution in [0.15, 0.2) is 18.5 Å². The molecule has 126 valence electrons. The molecule has 1 aliphatic rings. The highest BCUT2D eigenvalue weighted by Gasteiger charge is 2.30. The largest absolute Gasteiger partial charge is 0.392 e. The van der Waals surface area contributed by atoms with Crippen molar-refractivity contribution < 1.29 is 10.2 Å². The SMILES string of the molecule is Cc1cc2ncn(CC(O)CN(C)CC(O)C3CC3)c2cc1C. The number of nitrogens with zero attached hydrogens (tertiary/aromatic N) is 3. The van der Waals surface area contributed by atoms with Gasteiger partial charge >= 0.3 is 0 Å². The van der Waals surface area contributed by atoms with Gasteiger partial charge in [0.05, 0.1) is 36.1 Å². The van der Waals surface area contributed by atoms with Crippen LogP contribution in [0.1, 0.15) is 24.0 Å². The second-order valence-corrected chi connectivity index (χ2v) is 7.10. The Morgan fingerprint density at radius 1 is 1.22 bits per heavy atom. The average molecular weight is 317 g/mol. The molecule has 1 saturated carbocycles. The van der Waals surface area contributed by atoms with Crippen molar-refractivity contribution in [1.29, 1.82) is 0 Å². The predicted molar refractivity (Wildman–Crippen MR) is 91.4 cm³/mol. The normalized spacial score (nSPS) is 17.8. The molecule has 0 amide bonds. The topological polar surface area (TPSA) is 61.5 Å². The number of aliphatic hydroxyl groups excluding tert-OH is 2. The third-order valence-corrected chi connectivity index (χ3v) is 4.83. The molecule has 0 bridgehead atoms. The Bertz CT molecular complexity index is 678. The van der Waals surface area contributed by atoms with Gasteiger partial charge in [-0.1, -0.05) is 0 Å². The van der Waals surface area contributed by atoms with E-state index in [9.17, 15) is 10.2 Å². The lowest BCUT2D eigenvalue weighted by atomic mass is 10.1. The lowest BCUT2D eigenvalue weighted by molar-refractivity contribution is 0.0674. The highest BCUT2D eigenvalue weighted by atomic mass is 16.3. The summed E-state index contributed by atoms with van der Waals surface area (Å²) in [4.78, 5) is 6.45. The number of hydrogen-bond donors (Lipinski definition) is 2. The van der Waals surface area contributed by atoms with Gasteiger partial charge in [-0.2, -0.15) is 0 Å². The molecule has 1 fully saturated rings. The molecule has 1 aromatic carbocycles. The van der Waals surface area contributed by atoms with Crippen molar-refractivity contribution in [2.75, 3.05) is 20.1 Å². The summed E-state index contributed by atoms with van der Waals surface area (Å²) in [6.45, 7) is 5.88. The minimum atomic E-state index is -0.481. The molecule has 2 atom stereocenters. The maximum atomic E-state index is 10.4. The quantitative estimate of drug-likeness (QED) is 0.816. The zero-order chi connectivity index (χ0) is 16.6. The number of aryl methyl sites for hydroxylation is 2. The van der Waals surface area contributed by atoms with Gasteiger partial charge in [0.1, 0.15) is 0 Å². The molecule has 1 heterocycles. The fourth-order valence-electron chi connectivity index (χ4n) is 3.13. The first-order valence-corrected chi connectivity index (χ1v) is 8.41. The maximum absolute atomic E-state index is 10.4. The predicted octanol–water partition coefficient (Wildman–Crippen LogP) is 1.72. The first-order chi connectivity index (χ1) is 10.9. The van der Waals surface area contributed by atoms with Crippen LogP contribution in [0.4, 0.5) is 0 Å². The number of aromatic nitrogens is 2. The van der Waals surface area contributed by atoms with Crippen molar-refractivity contribution in [3.63, 3.8) is 0 Å². The molecule has 2 aromatic rings. The van der Waals surface area contributed by atoms with Gasteiger partial charge in [-0.05, 0) is 62.9 Å². The van der Waals surface area contributed by atoms with Crippen LogP contribution in [0.3, 0.4) is 0 Å². The number of hydrogen-bond acceptors (Lipinski definition) is 4. The van der Waals surface area contributed by atoms with Crippen LogP contribution >= 0.6 is 0 Å². The van der Waals surface area contributed by atoms with Crippen LogP contribution in [0.25, 0.3) is 11.0 Å². The van der Waals surface area contributed by atoms with Crippen LogP contribution in [0.2, 0.25) is 0 Å². The second-order valence-electron chi connectivity index (χ2n) is 7.10. The van der Waals surface area contributed by atoms with E-state index in [1.807, 2.05) is 16.5 Å². The van der Waals surface area contributed by atoms with Gasteiger partial charge in [-0.25, -0.2) is 4.98 Å². The number of rotatable bonds is 7. The van der Waals surface area contributed by atoms with E-state index in [-0.39, 0.29) is 6.10 Å². The molecule has 2 N–H and O–H groups in total. The Balaban J connectivity index is 1.61. The van der Waals surface area contributed by atoms with Gasteiger partial charge in [-0.15, -0.1) is 0 Å². The van der Waals surface area contributed by atoms with Gasteiger partial charge in [0.15, 0.2) is 0 Å². The van der Waals surface area contributed by atoms with E-state index >= 15 is 0 Å². The van der Waals surface area contributed by atoms with E-state index in [2.05, 4.69) is 31.0 Å². The van der Waals surface area contributed by atoms with Crippen LogP contribution in [-0.4, -0.2) is 57.0 Å². The summed E-state index contributed by atoms with van der Waals surface area (Å²) >= 11 is 0. The smallest absolute Gasteiger partial charge is 0.0959 e. The zero-order valence-corrected chi connectivity index (χ0v) is 14.2. The third kappa shape index (κ3) is 3.91. The number of benzene rings is 1. The maximum Gasteiger partial charge on any atom is 0.0959 e. The molecule has 2 unspecified atom stereocenters. The van der Waals surface area contributed by atoms with Crippen molar-refractivity contribution in [2.45, 2.75) is 45.4 Å². The Kier molecular flexibility index (Phi) is 4.71. The lowest BCUT2D eigenvalue weighted by Gasteiger charge is -2.23. The van der Waals surface area contributed by atoms with E-state index in [0.29, 0.717) is 25.6 Å². The summed E-state index contributed by atoms with van der Waals surface area (Å²) in [6, 6.07) is 4.22. The molecule has 5 nitrogen and oxygen atoms in total. The van der Waals surface area contributed by atoms with E-state index in [1.165, 1.54) is 11.1 Å². The first kappa shape index (κ1) is 16.4. The molecular weight excluding hydrogens is 290 g/mol. The molecule has 0 saturated heterocycles.